The fraction of sp³-hybridized carbons (Fsp3) is 0.667. The molecule has 1 aromatic rings. The maximum Gasteiger partial charge on any atom is 0.240 e. The van der Waals surface area contributed by atoms with Gasteiger partial charge in [-0.1, -0.05) is 0 Å². The molecule has 0 bridgehead atoms. The first-order valence-corrected chi connectivity index (χ1v) is 13.5. The van der Waals surface area contributed by atoms with Gasteiger partial charge in [0.2, 0.25) is 17.6 Å². The summed E-state index contributed by atoms with van der Waals surface area (Å²) in [5.74, 6) is 0.560. The molecule has 1 aromatic heterocycles. The fourth-order valence-electron chi connectivity index (χ4n) is 4.90. The van der Waals surface area contributed by atoms with E-state index in [-0.39, 0.29) is 36.0 Å². The van der Waals surface area contributed by atoms with Crippen LogP contribution in [0.25, 0.3) is 0 Å². The van der Waals surface area contributed by atoms with Crippen LogP contribution >= 0.6 is 11.3 Å². The summed E-state index contributed by atoms with van der Waals surface area (Å²) in [6.45, 7) is 4.51. The van der Waals surface area contributed by atoms with Crippen LogP contribution in [0, 0.1) is 17.2 Å². The number of hydrogen-bond acceptors (Lipinski definition) is 7. The predicted molar refractivity (Wildman–Crippen MR) is 140 cm³/mol. The Labute approximate surface area is 216 Å². The molecule has 1 unspecified atom stereocenters. The van der Waals surface area contributed by atoms with Crippen LogP contribution in [-0.4, -0.2) is 82.9 Å². The Balaban J connectivity index is 1.46. The van der Waals surface area contributed by atoms with Crippen molar-refractivity contribution in [1.29, 1.82) is 5.41 Å². The van der Waals surface area contributed by atoms with Crippen LogP contribution in [0.4, 0.5) is 0 Å². The van der Waals surface area contributed by atoms with E-state index in [1.54, 1.807) is 16.5 Å². The number of aliphatic imine (C=N–C) groups is 1. The molecule has 2 saturated heterocycles. The van der Waals surface area contributed by atoms with Gasteiger partial charge >= 0.3 is 0 Å². The van der Waals surface area contributed by atoms with Crippen molar-refractivity contribution in [2.75, 3.05) is 32.7 Å². The van der Waals surface area contributed by atoms with E-state index < -0.39 is 6.04 Å². The van der Waals surface area contributed by atoms with Crippen molar-refractivity contribution in [3.8, 4) is 0 Å². The third kappa shape index (κ3) is 8.00. The Morgan fingerprint density at radius 1 is 1.25 bits per heavy atom. The molecular formula is C24H38N8O3S. The molecule has 0 saturated carbocycles. The molecule has 2 atom stereocenters. The number of amidine groups is 1. The number of carbonyl (C=O) groups excluding carboxylic acids is 3. The topological polar surface area (TPSA) is 171 Å². The van der Waals surface area contributed by atoms with Crippen LogP contribution in [0.1, 0.15) is 61.7 Å². The Kier molecular flexibility index (Phi) is 10.2. The number of amides is 2. The van der Waals surface area contributed by atoms with E-state index in [9.17, 15) is 14.4 Å². The number of Topliss-reactive ketones (excluding diaryl/α,β-unsaturated/α-hetero) is 1. The number of hydrogen-bond donors (Lipinski definition) is 4. The predicted octanol–water partition coefficient (Wildman–Crippen LogP) is 1.20. The van der Waals surface area contributed by atoms with Gasteiger partial charge in [0, 0.05) is 43.7 Å². The molecule has 2 aliphatic heterocycles. The number of carbonyl (C=O) groups is 3. The molecule has 3 heterocycles. The monoisotopic (exact) mass is 518 g/mol. The number of guanidine groups is 1. The number of nitrogens with two attached hydrogens (primary N) is 2. The van der Waals surface area contributed by atoms with Crippen LogP contribution in [0.2, 0.25) is 0 Å². The van der Waals surface area contributed by atoms with Gasteiger partial charge in [0.15, 0.2) is 11.0 Å². The molecule has 12 heteroatoms. The van der Waals surface area contributed by atoms with Crippen molar-refractivity contribution in [2.24, 2.45) is 28.3 Å². The zero-order valence-corrected chi connectivity index (χ0v) is 21.8. The van der Waals surface area contributed by atoms with Crippen LogP contribution in [0.5, 0.6) is 0 Å². The summed E-state index contributed by atoms with van der Waals surface area (Å²) in [6, 6.07) is -0.748. The number of nitrogens with one attached hydrogen (secondary N) is 2. The lowest BCUT2D eigenvalue weighted by Crippen LogP contribution is -2.46. The molecule has 2 aliphatic rings. The lowest BCUT2D eigenvalue weighted by Gasteiger charge is -2.33. The average Bonchev–Trinajstić information content (AvgIpc) is 3.50. The number of nitrogens with zero attached hydrogens (tertiary/aromatic N) is 4. The smallest absolute Gasteiger partial charge is 0.240 e. The molecule has 0 aromatic carbocycles. The molecule has 11 nitrogen and oxygen atoms in total. The highest BCUT2D eigenvalue weighted by molar-refractivity contribution is 7.11. The van der Waals surface area contributed by atoms with Crippen molar-refractivity contribution >= 4 is 40.7 Å². The summed E-state index contributed by atoms with van der Waals surface area (Å²) in [5.41, 5.74) is 10.7. The molecule has 36 heavy (non-hydrogen) atoms. The van der Waals surface area contributed by atoms with E-state index in [4.69, 9.17) is 16.9 Å². The molecule has 0 aliphatic carbocycles. The third-order valence-corrected chi connectivity index (χ3v) is 7.78. The lowest BCUT2D eigenvalue weighted by atomic mass is 9.88. The van der Waals surface area contributed by atoms with E-state index in [0.717, 1.165) is 45.2 Å². The summed E-state index contributed by atoms with van der Waals surface area (Å²) in [6.07, 6.45) is 7.14. The van der Waals surface area contributed by atoms with Gasteiger partial charge in [0.1, 0.15) is 0 Å². The highest BCUT2D eigenvalue weighted by atomic mass is 32.1. The average molecular weight is 519 g/mol. The summed E-state index contributed by atoms with van der Waals surface area (Å²) in [7, 11) is 0. The summed E-state index contributed by atoms with van der Waals surface area (Å²) < 4.78 is 0. The minimum Gasteiger partial charge on any atom is -0.370 e. The first kappa shape index (κ1) is 27.6. The molecular weight excluding hydrogens is 480 g/mol. The number of piperidine rings is 1. The third-order valence-electron chi connectivity index (χ3n) is 7.00. The van der Waals surface area contributed by atoms with Crippen molar-refractivity contribution < 1.29 is 14.4 Å². The van der Waals surface area contributed by atoms with Crippen LogP contribution in [0.3, 0.4) is 0 Å². The van der Waals surface area contributed by atoms with Crippen molar-refractivity contribution in [1.82, 2.24) is 20.1 Å². The number of ketones is 1. The number of thiazole rings is 1. The summed E-state index contributed by atoms with van der Waals surface area (Å²) in [4.78, 5) is 50.3. The van der Waals surface area contributed by atoms with E-state index in [2.05, 4.69) is 20.2 Å². The Morgan fingerprint density at radius 3 is 2.64 bits per heavy atom. The molecule has 198 valence electrons. The van der Waals surface area contributed by atoms with Gasteiger partial charge in [-0.3, -0.25) is 24.8 Å². The van der Waals surface area contributed by atoms with Gasteiger partial charge in [0.05, 0.1) is 18.4 Å². The second-order valence-electron chi connectivity index (χ2n) is 9.61. The van der Waals surface area contributed by atoms with Crippen LogP contribution in [0.15, 0.2) is 16.6 Å². The molecule has 0 spiro atoms. The second-order valence-corrected chi connectivity index (χ2v) is 10.5. The highest BCUT2D eigenvalue weighted by Crippen LogP contribution is 2.28. The number of aromatic nitrogens is 1. The molecule has 3 rings (SSSR count). The Bertz CT molecular complexity index is 939. The van der Waals surface area contributed by atoms with Crippen molar-refractivity contribution in [3.05, 3.63) is 16.6 Å². The normalized spacial score (nSPS) is 19.2. The van der Waals surface area contributed by atoms with Gasteiger partial charge in [-0.2, -0.15) is 0 Å². The maximum atomic E-state index is 12.9. The van der Waals surface area contributed by atoms with E-state index in [1.165, 1.54) is 11.3 Å². The largest absolute Gasteiger partial charge is 0.370 e. The Hall–Kier alpha value is -3.02. The fourth-order valence-corrected chi connectivity index (χ4v) is 5.53. The van der Waals surface area contributed by atoms with E-state index in [0.29, 0.717) is 42.7 Å². The molecule has 0 radical (unpaired) electrons. The minimum absolute atomic E-state index is 0.0177. The van der Waals surface area contributed by atoms with Crippen molar-refractivity contribution in [3.63, 3.8) is 0 Å². The van der Waals surface area contributed by atoms with Gasteiger partial charge < -0.3 is 26.6 Å². The molecule has 2 amide bonds. The SMILES string of the molecule is CC(=N)N1CCC(CCC2CCN(CC(=O)N[C@@H](CCCN=C(N)N)C(=O)c3nccs3)C2=O)CC1. The minimum atomic E-state index is -0.748. The summed E-state index contributed by atoms with van der Waals surface area (Å²) >= 11 is 1.23. The number of rotatable bonds is 12. The number of likely N-dealkylation sites (tertiary alicyclic amines) is 2. The van der Waals surface area contributed by atoms with Gasteiger partial charge in [-0.15, -0.1) is 11.3 Å². The highest BCUT2D eigenvalue weighted by Gasteiger charge is 2.34. The van der Waals surface area contributed by atoms with Crippen LogP contribution < -0.4 is 16.8 Å². The van der Waals surface area contributed by atoms with E-state index >= 15 is 0 Å². The zero-order valence-electron chi connectivity index (χ0n) is 20.9. The van der Waals surface area contributed by atoms with Gasteiger partial charge in [-0.05, 0) is 57.8 Å². The van der Waals surface area contributed by atoms with Gasteiger partial charge in [0.25, 0.3) is 0 Å². The second kappa shape index (κ2) is 13.3. The van der Waals surface area contributed by atoms with Crippen LogP contribution in [-0.2, 0) is 9.59 Å². The Morgan fingerprint density at radius 2 is 2.00 bits per heavy atom. The summed E-state index contributed by atoms with van der Waals surface area (Å²) in [5, 5.41) is 12.6. The molecule has 2 fully saturated rings. The van der Waals surface area contributed by atoms with Gasteiger partial charge in [-0.25, -0.2) is 4.98 Å². The quantitative estimate of drug-likeness (QED) is 0.139. The molecule has 6 N–H and O–H groups in total. The zero-order chi connectivity index (χ0) is 26.1. The van der Waals surface area contributed by atoms with E-state index in [1.807, 2.05) is 6.92 Å². The first-order valence-electron chi connectivity index (χ1n) is 12.6. The first-order chi connectivity index (χ1) is 17.2. The maximum absolute atomic E-state index is 12.9. The lowest BCUT2D eigenvalue weighted by molar-refractivity contribution is -0.135. The van der Waals surface area contributed by atoms with Crippen molar-refractivity contribution in [2.45, 2.75) is 57.9 Å². The standard InChI is InChI=1S/C24H38N8O3S/c1-16(25)31-11-6-17(7-12-31)4-5-18-8-13-32(23(18)35)15-20(33)30-19(3-2-9-29-24(26)27)21(34)22-28-10-14-36-22/h10,14,17-19,25H,2-9,11-13,15H2,1H3,(H,30,33)(H4,26,27,29)/t18?,19-/m0/s1.